The summed E-state index contributed by atoms with van der Waals surface area (Å²) in [5.41, 5.74) is 0. The van der Waals surface area contributed by atoms with Gasteiger partial charge in [0.15, 0.2) is 0 Å². The molecule has 0 bridgehead atoms. The maximum atomic E-state index is 11.2. The van der Waals surface area contributed by atoms with Crippen LogP contribution in [0.3, 0.4) is 0 Å². The minimum Gasteiger partial charge on any atom is -0.372 e. The Kier molecular flexibility index (Phi) is 5.88. The van der Waals surface area contributed by atoms with Gasteiger partial charge in [0.05, 0.1) is 6.54 Å². The summed E-state index contributed by atoms with van der Waals surface area (Å²) in [6.45, 7) is 2.41. The molecule has 0 spiro atoms. The second-order valence-electron chi connectivity index (χ2n) is 2.56. The number of amides is 2. The summed E-state index contributed by atoms with van der Waals surface area (Å²) >= 11 is 0. The van der Waals surface area contributed by atoms with Gasteiger partial charge in [-0.1, -0.05) is 0 Å². The van der Waals surface area contributed by atoms with Crippen LogP contribution in [-0.4, -0.2) is 50.6 Å². The molecule has 0 rings (SSSR count). The molecule has 0 aliphatic carbocycles. The van der Waals surface area contributed by atoms with Crippen LogP contribution in [0.1, 0.15) is 6.92 Å². The van der Waals surface area contributed by atoms with Gasteiger partial charge in [-0.15, -0.1) is 0 Å². The second-order valence-corrected chi connectivity index (χ2v) is 2.56. The summed E-state index contributed by atoms with van der Waals surface area (Å²) in [7, 11) is 3.10. The highest BCUT2D eigenvalue weighted by Gasteiger charge is 2.10. The third-order valence-electron chi connectivity index (χ3n) is 1.52. The number of rotatable bonds is 5. The molecule has 1 N–H and O–H groups in total. The quantitative estimate of drug-likeness (QED) is 0.616. The van der Waals surface area contributed by atoms with Crippen LogP contribution in [0.2, 0.25) is 0 Å². The monoisotopic (exact) mass is 188 g/mol. The van der Waals surface area contributed by atoms with E-state index in [9.17, 15) is 9.59 Å². The average Bonchev–Trinajstić information content (AvgIpc) is 2.13. The summed E-state index contributed by atoms with van der Waals surface area (Å²) in [4.78, 5) is 23.4. The van der Waals surface area contributed by atoms with E-state index in [2.05, 4.69) is 5.32 Å². The Bertz CT molecular complexity index is 182. The van der Waals surface area contributed by atoms with Gasteiger partial charge in [-0.2, -0.15) is 0 Å². The van der Waals surface area contributed by atoms with Gasteiger partial charge in [0.2, 0.25) is 11.8 Å². The first-order valence-corrected chi connectivity index (χ1v) is 4.14. The zero-order valence-electron chi connectivity index (χ0n) is 8.29. The first kappa shape index (κ1) is 11.9. The first-order valence-electron chi connectivity index (χ1n) is 4.14. The smallest absolute Gasteiger partial charge is 0.248 e. The van der Waals surface area contributed by atoms with Crippen LogP contribution in [0.15, 0.2) is 0 Å². The van der Waals surface area contributed by atoms with E-state index in [1.807, 2.05) is 6.92 Å². The Balaban J connectivity index is 3.75. The maximum absolute atomic E-state index is 11.2. The van der Waals surface area contributed by atoms with Crippen molar-refractivity contribution in [2.24, 2.45) is 0 Å². The molecular formula is C8H16N2O3. The topological polar surface area (TPSA) is 58.6 Å². The van der Waals surface area contributed by atoms with Crippen molar-refractivity contribution in [2.45, 2.75) is 6.92 Å². The van der Waals surface area contributed by atoms with Crippen LogP contribution < -0.4 is 5.32 Å². The number of likely N-dealkylation sites (N-methyl/N-ethyl adjacent to an activating group) is 2. The van der Waals surface area contributed by atoms with Crippen molar-refractivity contribution in [1.29, 1.82) is 0 Å². The molecule has 0 aromatic carbocycles. The van der Waals surface area contributed by atoms with Crippen LogP contribution in [-0.2, 0) is 14.3 Å². The summed E-state index contributed by atoms with van der Waals surface area (Å²) in [5.74, 6) is -0.377. The Morgan fingerprint density at radius 1 is 1.46 bits per heavy atom. The molecule has 5 heteroatoms. The van der Waals surface area contributed by atoms with Gasteiger partial charge in [0, 0.05) is 20.7 Å². The molecule has 0 unspecified atom stereocenters. The fourth-order valence-electron chi connectivity index (χ4n) is 0.682. The van der Waals surface area contributed by atoms with Gasteiger partial charge in [-0.05, 0) is 6.92 Å². The van der Waals surface area contributed by atoms with Crippen molar-refractivity contribution in [3.8, 4) is 0 Å². The third kappa shape index (κ3) is 5.19. The number of hydrogen-bond acceptors (Lipinski definition) is 3. The van der Waals surface area contributed by atoms with Crippen LogP contribution in [0.5, 0.6) is 0 Å². The lowest BCUT2D eigenvalue weighted by Crippen LogP contribution is -2.38. The Morgan fingerprint density at radius 3 is 2.54 bits per heavy atom. The predicted octanol–water partition coefficient (Wildman–Crippen LogP) is -0.773. The van der Waals surface area contributed by atoms with E-state index in [1.54, 1.807) is 7.05 Å². The Morgan fingerprint density at radius 2 is 2.08 bits per heavy atom. The first-order chi connectivity index (χ1) is 6.11. The van der Waals surface area contributed by atoms with Gasteiger partial charge in [-0.3, -0.25) is 9.59 Å². The predicted molar refractivity (Wildman–Crippen MR) is 48.2 cm³/mol. The minimum atomic E-state index is -0.189. The number of nitrogens with one attached hydrogen (secondary N) is 1. The van der Waals surface area contributed by atoms with Gasteiger partial charge >= 0.3 is 0 Å². The van der Waals surface area contributed by atoms with E-state index in [0.717, 1.165) is 0 Å². The minimum absolute atomic E-state index is 0.0317. The van der Waals surface area contributed by atoms with E-state index in [1.165, 1.54) is 11.9 Å². The molecule has 13 heavy (non-hydrogen) atoms. The molecule has 0 radical (unpaired) electrons. The summed E-state index contributed by atoms with van der Waals surface area (Å²) in [6.07, 6.45) is 0. The molecular weight excluding hydrogens is 172 g/mol. The molecule has 2 amide bonds. The maximum Gasteiger partial charge on any atom is 0.248 e. The van der Waals surface area contributed by atoms with Crippen molar-refractivity contribution in [3.05, 3.63) is 0 Å². The van der Waals surface area contributed by atoms with Crippen molar-refractivity contribution in [2.75, 3.05) is 33.9 Å². The number of carbonyl (C=O) groups is 2. The van der Waals surface area contributed by atoms with Gasteiger partial charge in [-0.25, -0.2) is 0 Å². The SMILES string of the molecule is CCOCC(=O)N(C)CC(=O)NC. The van der Waals surface area contributed by atoms with E-state index in [0.29, 0.717) is 6.61 Å². The third-order valence-corrected chi connectivity index (χ3v) is 1.52. The standard InChI is InChI=1S/C8H16N2O3/c1-4-13-6-8(12)10(3)5-7(11)9-2/h4-6H2,1-3H3,(H,9,11). The molecule has 0 aromatic rings. The molecule has 0 aliphatic rings. The lowest BCUT2D eigenvalue weighted by atomic mass is 10.5. The van der Waals surface area contributed by atoms with E-state index >= 15 is 0 Å². The fourth-order valence-corrected chi connectivity index (χ4v) is 0.682. The van der Waals surface area contributed by atoms with Gasteiger partial charge in [0.1, 0.15) is 6.61 Å². The van der Waals surface area contributed by atoms with Crippen LogP contribution in [0.25, 0.3) is 0 Å². The number of hydrogen-bond donors (Lipinski definition) is 1. The second kappa shape index (κ2) is 6.42. The van der Waals surface area contributed by atoms with Crippen molar-refractivity contribution in [3.63, 3.8) is 0 Å². The highest BCUT2D eigenvalue weighted by atomic mass is 16.5. The highest BCUT2D eigenvalue weighted by Crippen LogP contribution is 1.86. The molecule has 0 aliphatic heterocycles. The average molecular weight is 188 g/mol. The molecule has 0 atom stereocenters. The lowest BCUT2D eigenvalue weighted by molar-refractivity contribution is -0.138. The molecule has 76 valence electrons. The zero-order chi connectivity index (χ0) is 10.3. The number of nitrogens with zero attached hydrogens (tertiary/aromatic N) is 1. The fraction of sp³-hybridized carbons (Fsp3) is 0.750. The zero-order valence-corrected chi connectivity index (χ0v) is 8.29. The van der Waals surface area contributed by atoms with Gasteiger partial charge in [0.25, 0.3) is 0 Å². The molecule has 0 heterocycles. The number of carbonyl (C=O) groups excluding carboxylic acids is 2. The highest BCUT2D eigenvalue weighted by molar-refractivity contribution is 5.84. The summed E-state index contributed by atoms with van der Waals surface area (Å²) in [6, 6.07) is 0. The number of ether oxygens (including phenoxy) is 1. The van der Waals surface area contributed by atoms with E-state index in [-0.39, 0.29) is 25.0 Å². The lowest BCUT2D eigenvalue weighted by Gasteiger charge is -2.15. The Labute approximate surface area is 78.0 Å². The van der Waals surface area contributed by atoms with Crippen molar-refractivity contribution < 1.29 is 14.3 Å². The largest absolute Gasteiger partial charge is 0.372 e. The van der Waals surface area contributed by atoms with Crippen LogP contribution in [0.4, 0.5) is 0 Å². The van der Waals surface area contributed by atoms with Gasteiger partial charge < -0.3 is 15.0 Å². The van der Waals surface area contributed by atoms with Crippen LogP contribution in [0, 0.1) is 0 Å². The summed E-state index contributed by atoms with van der Waals surface area (Å²) < 4.78 is 4.91. The van der Waals surface area contributed by atoms with E-state index in [4.69, 9.17) is 4.74 Å². The molecule has 0 fully saturated rings. The van der Waals surface area contributed by atoms with Crippen molar-refractivity contribution in [1.82, 2.24) is 10.2 Å². The normalized spacial score (nSPS) is 9.46. The summed E-state index contributed by atoms with van der Waals surface area (Å²) in [5, 5.41) is 2.43. The molecule has 0 saturated carbocycles. The van der Waals surface area contributed by atoms with E-state index < -0.39 is 0 Å². The Hall–Kier alpha value is -1.10. The van der Waals surface area contributed by atoms with Crippen molar-refractivity contribution >= 4 is 11.8 Å². The molecule has 0 saturated heterocycles. The van der Waals surface area contributed by atoms with Crippen LogP contribution >= 0.6 is 0 Å². The molecule has 5 nitrogen and oxygen atoms in total. The molecule has 0 aromatic heterocycles.